The summed E-state index contributed by atoms with van der Waals surface area (Å²) in [5.74, 6) is 2.37. The van der Waals surface area contributed by atoms with Crippen molar-refractivity contribution in [1.29, 1.82) is 0 Å². The molecule has 5 nitrogen and oxygen atoms in total. The lowest BCUT2D eigenvalue weighted by atomic mass is 10.2. The number of thiophene rings is 1. The number of aryl methyl sites for hydroxylation is 2. The van der Waals surface area contributed by atoms with Crippen molar-refractivity contribution >= 4 is 35.3 Å². The normalized spacial score (nSPS) is 11.5. The number of rotatable bonds is 5. The van der Waals surface area contributed by atoms with Gasteiger partial charge in [-0.3, -0.25) is 5.10 Å². The van der Waals surface area contributed by atoms with Crippen LogP contribution in [0.25, 0.3) is 12.2 Å². The minimum atomic E-state index is 0.723. The van der Waals surface area contributed by atoms with Crippen molar-refractivity contribution in [1.82, 2.24) is 20.3 Å². The van der Waals surface area contributed by atoms with E-state index < -0.39 is 0 Å². The average Bonchev–Trinajstić information content (AvgIpc) is 3.18. The Morgan fingerprint density at radius 3 is 3.00 bits per heavy atom. The van der Waals surface area contributed by atoms with Crippen LogP contribution in [0, 0.1) is 13.8 Å². The molecule has 0 amide bonds. The van der Waals surface area contributed by atoms with Gasteiger partial charge in [-0.1, -0.05) is 23.0 Å². The number of hydrogen-bond acceptors (Lipinski definition) is 6. The average molecular weight is 318 g/mol. The third-order valence-electron chi connectivity index (χ3n) is 2.96. The fourth-order valence-electron chi connectivity index (χ4n) is 1.79. The number of nitrogens with zero attached hydrogens (tertiary/aromatic N) is 3. The first kappa shape index (κ1) is 14.1. The summed E-state index contributed by atoms with van der Waals surface area (Å²) in [4.78, 5) is 5.62. The first-order valence-corrected chi connectivity index (χ1v) is 8.27. The highest BCUT2D eigenvalue weighted by atomic mass is 32.2. The highest BCUT2D eigenvalue weighted by Crippen LogP contribution is 2.23. The molecule has 21 heavy (non-hydrogen) atoms. The van der Waals surface area contributed by atoms with Crippen LogP contribution in [0.4, 0.5) is 0 Å². The molecule has 0 spiro atoms. The van der Waals surface area contributed by atoms with Gasteiger partial charge >= 0.3 is 0 Å². The summed E-state index contributed by atoms with van der Waals surface area (Å²) >= 11 is 3.26. The minimum Gasteiger partial charge on any atom is -0.361 e. The number of nitrogens with one attached hydrogen (secondary N) is 1. The number of aromatic amines is 1. The second-order valence-electron chi connectivity index (χ2n) is 4.44. The monoisotopic (exact) mass is 318 g/mol. The van der Waals surface area contributed by atoms with Gasteiger partial charge in [-0.05, 0) is 37.4 Å². The largest absolute Gasteiger partial charge is 0.361 e. The third-order valence-corrected chi connectivity index (χ3v) is 4.67. The number of H-pyrrole nitrogens is 1. The Balaban J connectivity index is 1.63. The maximum Gasteiger partial charge on any atom is 0.209 e. The predicted molar refractivity (Wildman–Crippen MR) is 85.2 cm³/mol. The third kappa shape index (κ3) is 3.43. The Hall–Kier alpha value is -1.86. The molecule has 1 N–H and O–H groups in total. The van der Waals surface area contributed by atoms with Gasteiger partial charge in [-0.15, -0.1) is 16.4 Å². The van der Waals surface area contributed by atoms with Gasteiger partial charge in [-0.2, -0.15) is 0 Å². The molecule has 0 aliphatic rings. The van der Waals surface area contributed by atoms with Crippen LogP contribution in [0.1, 0.15) is 27.7 Å². The standard InChI is InChI=1S/C14H14N4OS2/c1-9-12(10(2)19-18-9)8-21-14-15-13(16-17-14)6-5-11-4-3-7-20-11/h3-7H,8H2,1-2H3,(H,15,16,17)/b6-5+. The van der Waals surface area contributed by atoms with Crippen LogP contribution in [-0.4, -0.2) is 20.3 Å². The molecule has 7 heteroatoms. The molecule has 0 aromatic carbocycles. The Bertz CT molecular complexity index is 723. The number of aromatic nitrogens is 4. The summed E-state index contributed by atoms with van der Waals surface area (Å²) in [6, 6.07) is 4.08. The molecule has 3 aromatic heterocycles. The van der Waals surface area contributed by atoms with E-state index in [0.29, 0.717) is 0 Å². The lowest BCUT2D eigenvalue weighted by Gasteiger charge is -1.95. The molecule has 0 unspecified atom stereocenters. The van der Waals surface area contributed by atoms with Crippen LogP contribution >= 0.6 is 23.1 Å². The maximum absolute atomic E-state index is 5.15. The summed E-state index contributed by atoms with van der Waals surface area (Å²) in [6.07, 6.45) is 3.95. The zero-order valence-electron chi connectivity index (χ0n) is 11.7. The van der Waals surface area contributed by atoms with E-state index in [2.05, 4.69) is 26.4 Å². The molecular formula is C14H14N4OS2. The van der Waals surface area contributed by atoms with E-state index in [9.17, 15) is 0 Å². The van der Waals surface area contributed by atoms with Crippen molar-refractivity contribution in [2.75, 3.05) is 0 Å². The molecule has 108 valence electrons. The van der Waals surface area contributed by atoms with Crippen LogP contribution in [0.3, 0.4) is 0 Å². The van der Waals surface area contributed by atoms with E-state index in [0.717, 1.165) is 33.8 Å². The van der Waals surface area contributed by atoms with Gasteiger partial charge in [0.05, 0.1) is 5.69 Å². The van der Waals surface area contributed by atoms with Gasteiger partial charge in [0.15, 0.2) is 0 Å². The van der Waals surface area contributed by atoms with E-state index in [1.165, 1.54) is 4.88 Å². The summed E-state index contributed by atoms with van der Waals surface area (Å²) in [5.41, 5.74) is 2.04. The zero-order chi connectivity index (χ0) is 14.7. The van der Waals surface area contributed by atoms with Crippen LogP contribution in [-0.2, 0) is 5.75 Å². The van der Waals surface area contributed by atoms with Crippen LogP contribution in [0.15, 0.2) is 27.2 Å². The Kier molecular flexibility index (Phi) is 4.21. The van der Waals surface area contributed by atoms with Gasteiger partial charge in [0, 0.05) is 16.2 Å². The summed E-state index contributed by atoms with van der Waals surface area (Å²) < 4.78 is 5.15. The maximum atomic E-state index is 5.15. The van der Waals surface area contributed by atoms with E-state index in [1.807, 2.05) is 37.4 Å². The van der Waals surface area contributed by atoms with Crippen LogP contribution < -0.4 is 0 Å². The molecule has 0 fully saturated rings. The van der Waals surface area contributed by atoms with Gasteiger partial charge in [-0.25, -0.2) is 4.98 Å². The molecule has 0 atom stereocenters. The van der Waals surface area contributed by atoms with Crippen LogP contribution in [0.5, 0.6) is 0 Å². The van der Waals surface area contributed by atoms with Gasteiger partial charge in [0.25, 0.3) is 0 Å². The molecule has 0 saturated heterocycles. The Labute approximate surface area is 130 Å². The van der Waals surface area contributed by atoms with Crippen LogP contribution in [0.2, 0.25) is 0 Å². The summed E-state index contributed by atoms with van der Waals surface area (Å²) in [6.45, 7) is 3.86. The van der Waals surface area contributed by atoms with Crippen molar-refractivity contribution in [3.8, 4) is 0 Å². The molecule has 0 bridgehead atoms. The molecule has 0 saturated carbocycles. The lowest BCUT2D eigenvalue weighted by Crippen LogP contribution is -1.86. The molecule has 0 aliphatic heterocycles. The second kappa shape index (κ2) is 6.28. The summed E-state index contributed by atoms with van der Waals surface area (Å²) in [5, 5.41) is 13.8. The molecule has 0 radical (unpaired) electrons. The first-order chi connectivity index (χ1) is 10.2. The first-order valence-electron chi connectivity index (χ1n) is 6.41. The number of thioether (sulfide) groups is 1. The van der Waals surface area contributed by atoms with E-state index in [-0.39, 0.29) is 0 Å². The SMILES string of the molecule is Cc1noc(C)c1CSc1n[nH]c(/C=C/c2cccs2)n1. The molecule has 3 heterocycles. The van der Waals surface area contributed by atoms with E-state index in [4.69, 9.17) is 4.52 Å². The van der Waals surface area contributed by atoms with Crippen molar-refractivity contribution in [3.05, 3.63) is 45.2 Å². The van der Waals surface area contributed by atoms with Gasteiger partial charge in [0.2, 0.25) is 5.16 Å². The van der Waals surface area contributed by atoms with E-state index >= 15 is 0 Å². The van der Waals surface area contributed by atoms with Crippen molar-refractivity contribution in [2.24, 2.45) is 0 Å². The number of hydrogen-bond donors (Lipinski definition) is 1. The Morgan fingerprint density at radius 1 is 1.38 bits per heavy atom. The van der Waals surface area contributed by atoms with Crippen molar-refractivity contribution in [2.45, 2.75) is 24.8 Å². The second-order valence-corrected chi connectivity index (χ2v) is 6.37. The fourth-order valence-corrected chi connectivity index (χ4v) is 3.37. The Morgan fingerprint density at radius 2 is 2.29 bits per heavy atom. The van der Waals surface area contributed by atoms with E-state index in [1.54, 1.807) is 23.1 Å². The zero-order valence-corrected chi connectivity index (χ0v) is 13.3. The molecular weight excluding hydrogens is 304 g/mol. The lowest BCUT2D eigenvalue weighted by molar-refractivity contribution is 0.392. The van der Waals surface area contributed by atoms with Crippen molar-refractivity contribution < 1.29 is 4.52 Å². The predicted octanol–water partition coefficient (Wildman–Crippen LogP) is 3.93. The summed E-state index contributed by atoms with van der Waals surface area (Å²) in [7, 11) is 0. The minimum absolute atomic E-state index is 0.723. The highest BCUT2D eigenvalue weighted by molar-refractivity contribution is 7.98. The smallest absolute Gasteiger partial charge is 0.209 e. The van der Waals surface area contributed by atoms with Crippen molar-refractivity contribution in [3.63, 3.8) is 0 Å². The highest BCUT2D eigenvalue weighted by Gasteiger charge is 2.10. The molecule has 3 rings (SSSR count). The topological polar surface area (TPSA) is 67.6 Å². The van der Waals surface area contributed by atoms with Gasteiger partial charge in [0.1, 0.15) is 11.6 Å². The fraction of sp³-hybridized carbons (Fsp3) is 0.214. The van der Waals surface area contributed by atoms with Gasteiger partial charge < -0.3 is 4.52 Å². The molecule has 3 aromatic rings. The molecule has 0 aliphatic carbocycles. The quantitative estimate of drug-likeness (QED) is 0.722.